The second kappa shape index (κ2) is 7.36. The zero-order valence-electron chi connectivity index (χ0n) is 11.2. The molecule has 2 aromatic rings. The van der Waals surface area contributed by atoms with Crippen molar-refractivity contribution in [3.8, 4) is 0 Å². The smallest absolute Gasteiger partial charge is 0.252 e. The molecule has 0 fully saturated rings. The van der Waals surface area contributed by atoms with Crippen LogP contribution in [0, 0.1) is 0 Å². The van der Waals surface area contributed by atoms with E-state index in [9.17, 15) is 4.79 Å². The highest BCUT2D eigenvalue weighted by Gasteiger charge is 2.16. The van der Waals surface area contributed by atoms with Gasteiger partial charge in [0.25, 0.3) is 5.91 Å². The molecule has 0 heterocycles. The maximum Gasteiger partial charge on any atom is 0.252 e. The molecule has 0 aliphatic heterocycles. The van der Waals surface area contributed by atoms with Crippen LogP contribution < -0.4 is 5.32 Å². The molecule has 2 nitrogen and oxygen atoms in total. The van der Waals surface area contributed by atoms with Crippen molar-refractivity contribution in [3.05, 3.63) is 65.7 Å². The Morgan fingerprint density at radius 3 is 2.45 bits per heavy atom. The molecule has 1 N–H and O–H groups in total. The van der Waals surface area contributed by atoms with E-state index in [-0.39, 0.29) is 11.9 Å². The predicted molar refractivity (Wildman–Crippen MR) is 85.6 cm³/mol. The zero-order valence-corrected chi connectivity index (χ0v) is 12.7. The second-order valence-corrected chi connectivity index (χ2v) is 5.45. The van der Waals surface area contributed by atoms with Crippen LogP contribution in [0.5, 0.6) is 0 Å². The zero-order chi connectivity index (χ0) is 14.4. The first-order chi connectivity index (χ1) is 9.76. The highest BCUT2D eigenvalue weighted by Crippen LogP contribution is 2.21. The number of alkyl halides is 1. The Balaban J connectivity index is 2.18. The molecule has 0 saturated heterocycles. The van der Waals surface area contributed by atoms with Crippen LogP contribution in [0.25, 0.3) is 0 Å². The van der Waals surface area contributed by atoms with Crippen LogP contribution in [0.2, 0.25) is 0 Å². The van der Waals surface area contributed by atoms with Crippen molar-refractivity contribution < 1.29 is 4.79 Å². The standard InChI is InChI=1S/C16H16ClNOS/c1-20-15-10-6-5-9-13(15)16(19)18-14(11-17)12-7-3-2-4-8-12/h2-10,14H,11H2,1H3,(H,18,19). The summed E-state index contributed by atoms with van der Waals surface area (Å²) >= 11 is 7.55. The summed E-state index contributed by atoms with van der Waals surface area (Å²) in [4.78, 5) is 13.3. The summed E-state index contributed by atoms with van der Waals surface area (Å²) in [6, 6.07) is 17.1. The summed E-state index contributed by atoms with van der Waals surface area (Å²) in [7, 11) is 0. The lowest BCUT2D eigenvalue weighted by molar-refractivity contribution is 0.0937. The number of hydrogen-bond donors (Lipinski definition) is 1. The normalized spacial score (nSPS) is 11.9. The van der Waals surface area contributed by atoms with E-state index >= 15 is 0 Å². The molecule has 0 saturated carbocycles. The molecule has 4 heteroatoms. The molecular formula is C16H16ClNOS. The van der Waals surface area contributed by atoms with Crippen molar-refractivity contribution in [1.82, 2.24) is 5.32 Å². The molecule has 20 heavy (non-hydrogen) atoms. The minimum Gasteiger partial charge on any atom is -0.344 e. The Kier molecular flexibility index (Phi) is 5.50. The lowest BCUT2D eigenvalue weighted by Crippen LogP contribution is -2.29. The summed E-state index contributed by atoms with van der Waals surface area (Å²) < 4.78 is 0. The van der Waals surface area contributed by atoms with E-state index in [0.29, 0.717) is 11.4 Å². The van der Waals surface area contributed by atoms with Crippen molar-refractivity contribution in [2.75, 3.05) is 12.1 Å². The first kappa shape index (κ1) is 14.9. The Bertz CT molecular complexity index is 574. The fraction of sp³-hybridized carbons (Fsp3) is 0.188. The van der Waals surface area contributed by atoms with E-state index in [0.717, 1.165) is 10.5 Å². The van der Waals surface area contributed by atoms with Gasteiger partial charge in [0.05, 0.1) is 11.6 Å². The van der Waals surface area contributed by atoms with Crippen molar-refractivity contribution in [2.45, 2.75) is 10.9 Å². The molecule has 0 radical (unpaired) electrons. The van der Waals surface area contributed by atoms with Crippen molar-refractivity contribution >= 4 is 29.3 Å². The molecule has 1 atom stereocenters. The van der Waals surface area contributed by atoms with Gasteiger partial charge >= 0.3 is 0 Å². The summed E-state index contributed by atoms with van der Waals surface area (Å²) in [5, 5.41) is 2.99. The molecule has 104 valence electrons. The number of thioether (sulfide) groups is 1. The van der Waals surface area contributed by atoms with Crippen LogP contribution in [-0.4, -0.2) is 18.0 Å². The fourth-order valence-electron chi connectivity index (χ4n) is 1.96. The molecule has 0 aromatic heterocycles. The Labute approximate surface area is 128 Å². The Morgan fingerprint density at radius 2 is 1.80 bits per heavy atom. The molecule has 2 aromatic carbocycles. The van der Waals surface area contributed by atoms with Crippen LogP contribution >= 0.6 is 23.4 Å². The van der Waals surface area contributed by atoms with Gasteiger partial charge in [-0.2, -0.15) is 0 Å². The minimum atomic E-state index is -0.180. The van der Waals surface area contributed by atoms with Crippen LogP contribution in [0.3, 0.4) is 0 Å². The third-order valence-electron chi connectivity index (χ3n) is 3.01. The molecule has 0 aliphatic rings. The number of amides is 1. The number of nitrogens with one attached hydrogen (secondary N) is 1. The number of benzene rings is 2. The summed E-state index contributed by atoms with van der Waals surface area (Å²) in [6.45, 7) is 0. The van der Waals surface area contributed by atoms with Crippen molar-refractivity contribution in [1.29, 1.82) is 0 Å². The van der Waals surface area contributed by atoms with Gasteiger partial charge in [-0.05, 0) is 24.0 Å². The van der Waals surface area contributed by atoms with Crippen LogP contribution in [0.4, 0.5) is 0 Å². The van der Waals surface area contributed by atoms with E-state index < -0.39 is 0 Å². The first-order valence-electron chi connectivity index (χ1n) is 6.31. The summed E-state index contributed by atoms with van der Waals surface area (Å²) in [5.74, 6) is 0.251. The SMILES string of the molecule is CSc1ccccc1C(=O)NC(CCl)c1ccccc1. The van der Waals surface area contributed by atoms with E-state index in [2.05, 4.69) is 5.32 Å². The highest BCUT2D eigenvalue weighted by molar-refractivity contribution is 7.98. The fourth-order valence-corrected chi connectivity index (χ4v) is 2.82. The topological polar surface area (TPSA) is 29.1 Å². The third-order valence-corrected chi connectivity index (χ3v) is 4.12. The number of hydrogen-bond acceptors (Lipinski definition) is 2. The molecule has 0 spiro atoms. The Morgan fingerprint density at radius 1 is 1.15 bits per heavy atom. The van der Waals surface area contributed by atoms with E-state index in [4.69, 9.17) is 11.6 Å². The van der Waals surface area contributed by atoms with E-state index in [1.54, 1.807) is 11.8 Å². The first-order valence-corrected chi connectivity index (χ1v) is 8.07. The molecule has 1 amide bonds. The van der Waals surface area contributed by atoms with Gasteiger partial charge in [-0.1, -0.05) is 42.5 Å². The number of rotatable bonds is 5. The molecule has 2 rings (SSSR count). The second-order valence-electron chi connectivity index (χ2n) is 4.29. The van der Waals surface area contributed by atoms with Crippen LogP contribution in [-0.2, 0) is 0 Å². The van der Waals surface area contributed by atoms with E-state index in [1.807, 2.05) is 60.9 Å². The lowest BCUT2D eigenvalue weighted by Gasteiger charge is -2.17. The van der Waals surface area contributed by atoms with Gasteiger partial charge in [0.2, 0.25) is 0 Å². The third kappa shape index (κ3) is 3.56. The number of halogens is 1. The number of carbonyl (C=O) groups is 1. The van der Waals surface area contributed by atoms with Gasteiger partial charge in [0.15, 0.2) is 0 Å². The molecule has 0 bridgehead atoms. The highest BCUT2D eigenvalue weighted by atomic mass is 35.5. The monoisotopic (exact) mass is 305 g/mol. The van der Waals surface area contributed by atoms with Crippen molar-refractivity contribution in [3.63, 3.8) is 0 Å². The minimum absolute atomic E-state index is 0.0931. The number of carbonyl (C=O) groups excluding carboxylic acids is 1. The molecule has 0 aliphatic carbocycles. The predicted octanol–water partition coefficient (Wildman–Crippen LogP) is 4.12. The molecular weight excluding hydrogens is 290 g/mol. The molecule has 1 unspecified atom stereocenters. The quantitative estimate of drug-likeness (QED) is 0.665. The van der Waals surface area contributed by atoms with Gasteiger partial charge in [-0.15, -0.1) is 23.4 Å². The van der Waals surface area contributed by atoms with Gasteiger partial charge in [-0.3, -0.25) is 4.79 Å². The summed E-state index contributed by atoms with van der Waals surface area (Å²) in [5.41, 5.74) is 1.70. The average molecular weight is 306 g/mol. The maximum absolute atomic E-state index is 12.4. The van der Waals surface area contributed by atoms with Gasteiger partial charge in [-0.25, -0.2) is 0 Å². The Hall–Kier alpha value is -1.45. The van der Waals surface area contributed by atoms with Crippen LogP contribution in [0.1, 0.15) is 22.0 Å². The van der Waals surface area contributed by atoms with E-state index in [1.165, 1.54) is 0 Å². The van der Waals surface area contributed by atoms with Crippen LogP contribution in [0.15, 0.2) is 59.5 Å². The van der Waals surface area contributed by atoms with Gasteiger partial charge in [0, 0.05) is 10.8 Å². The summed E-state index contributed by atoms with van der Waals surface area (Å²) in [6.07, 6.45) is 1.96. The van der Waals surface area contributed by atoms with Gasteiger partial charge < -0.3 is 5.32 Å². The lowest BCUT2D eigenvalue weighted by atomic mass is 10.1. The largest absolute Gasteiger partial charge is 0.344 e. The average Bonchev–Trinajstić information content (AvgIpc) is 2.53. The van der Waals surface area contributed by atoms with Gasteiger partial charge in [0.1, 0.15) is 0 Å². The van der Waals surface area contributed by atoms with Crippen molar-refractivity contribution in [2.24, 2.45) is 0 Å². The maximum atomic E-state index is 12.4.